The van der Waals surface area contributed by atoms with Gasteiger partial charge in [0.25, 0.3) is 0 Å². The van der Waals surface area contributed by atoms with Crippen LogP contribution in [0.3, 0.4) is 0 Å². The Bertz CT molecular complexity index is 721. The van der Waals surface area contributed by atoms with Gasteiger partial charge in [0.05, 0.1) is 18.8 Å². The Morgan fingerprint density at radius 2 is 2.10 bits per heavy atom. The summed E-state index contributed by atoms with van der Waals surface area (Å²) in [6.45, 7) is 8.83. The number of likely N-dealkylation sites (N-methyl/N-ethyl adjacent to an activating group) is 1. The number of rotatable bonds is 7. The highest BCUT2D eigenvalue weighted by Gasteiger charge is 2.45. The molecular formula is C22H32N2O5. The molecule has 1 aromatic rings. The van der Waals surface area contributed by atoms with Crippen LogP contribution in [-0.2, 0) is 15.9 Å². The SMILES string of the molecule is CCN(C(=O)OCCN1CCCCC12COC2)[C@@H](C)Cc1ccc2c(c1)OCO2. The van der Waals surface area contributed by atoms with Crippen LogP contribution >= 0.6 is 0 Å². The van der Waals surface area contributed by atoms with E-state index in [9.17, 15) is 4.79 Å². The molecule has 0 aliphatic carbocycles. The minimum absolute atomic E-state index is 0.0363. The highest BCUT2D eigenvalue weighted by molar-refractivity contribution is 5.68. The summed E-state index contributed by atoms with van der Waals surface area (Å²) >= 11 is 0. The number of carbonyl (C=O) groups is 1. The van der Waals surface area contributed by atoms with E-state index < -0.39 is 0 Å². The van der Waals surface area contributed by atoms with Crippen LogP contribution in [0.2, 0.25) is 0 Å². The number of hydrogen-bond donors (Lipinski definition) is 0. The molecule has 1 aromatic carbocycles. The van der Waals surface area contributed by atoms with Crippen molar-refractivity contribution in [3.05, 3.63) is 23.8 Å². The molecule has 1 atom stereocenters. The molecule has 160 valence electrons. The number of hydrogen-bond acceptors (Lipinski definition) is 6. The molecule has 0 bridgehead atoms. The fourth-order valence-corrected chi connectivity index (χ4v) is 4.63. The normalized spacial score (nSPS) is 20.9. The largest absolute Gasteiger partial charge is 0.454 e. The van der Waals surface area contributed by atoms with Crippen LogP contribution in [0.25, 0.3) is 0 Å². The van der Waals surface area contributed by atoms with Crippen molar-refractivity contribution in [1.29, 1.82) is 0 Å². The van der Waals surface area contributed by atoms with Gasteiger partial charge < -0.3 is 23.8 Å². The van der Waals surface area contributed by atoms with Crippen molar-refractivity contribution in [2.45, 2.75) is 51.1 Å². The van der Waals surface area contributed by atoms with Gasteiger partial charge >= 0.3 is 6.09 Å². The quantitative estimate of drug-likeness (QED) is 0.696. The minimum Gasteiger partial charge on any atom is -0.454 e. The molecule has 7 nitrogen and oxygen atoms in total. The van der Waals surface area contributed by atoms with Crippen molar-refractivity contribution < 1.29 is 23.7 Å². The van der Waals surface area contributed by atoms with E-state index in [1.165, 1.54) is 19.3 Å². The molecule has 2 saturated heterocycles. The van der Waals surface area contributed by atoms with Gasteiger partial charge in [0.15, 0.2) is 11.5 Å². The van der Waals surface area contributed by atoms with Crippen LogP contribution in [0.1, 0.15) is 38.7 Å². The van der Waals surface area contributed by atoms with E-state index in [4.69, 9.17) is 18.9 Å². The molecule has 3 aliphatic rings. The second kappa shape index (κ2) is 8.79. The average Bonchev–Trinajstić information content (AvgIpc) is 3.15. The second-order valence-corrected chi connectivity index (χ2v) is 8.30. The fourth-order valence-electron chi connectivity index (χ4n) is 4.63. The summed E-state index contributed by atoms with van der Waals surface area (Å²) in [7, 11) is 0. The summed E-state index contributed by atoms with van der Waals surface area (Å²) in [5.74, 6) is 1.55. The van der Waals surface area contributed by atoms with Crippen molar-refractivity contribution in [2.24, 2.45) is 0 Å². The average molecular weight is 405 g/mol. The van der Waals surface area contributed by atoms with E-state index >= 15 is 0 Å². The molecule has 3 aliphatic heterocycles. The van der Waals surface area contributed by atoms with E-state index in [1.54, 1.807) is 4.90 Å². The minimum atomic E-state index is -0.239. The Kier molecular flexibility index (Phi) is 6.15. The number of carbonyl (C=O) groups excluding carboxylic acids is 1. The molecule has 4 rings (SSSR count). The van der Waals surface area contributed by atoms with Gasteiger partial charge in [-0.05, 0) is 57.4 Å². The number of nitrogens with zero attached hydrogens (tertiary/aromatic N) is 2. The molecule has 1 spiro atoms. The molecule has 0 N–H and O–H groups in total. The third-order valence-electron chi connectivity index (χ3n) is 6.39. The summed E-state index contributed by atoms with van der Waals surface area (Å²) in [4.78, 5) is 16.9. The lowest BCUT2D eigenvalue weighted by Crippen LogP contribution is -2.64. The predicted molar refractivity (Wildman–Crippen MR) is 108 cm³/mol. The number of fused-ring (bicyclic) bond motifs is 1. The van der Waals surface area contributed by atoms with Gasteiger partial charge in [-0.1, -0.05) is 12.5 Å². The molecule has 0 radical (unpaired) electrons. The molecule has 1 amide bonds. The molecule has 0 saturated carbocycles. The first-order valence-electron chi connectivity index (χ1n) is 10.8. The zero-order valence-corrected chi connectivity index (χ0v) is 17.5. The lowest BCUT2D eigenvalue weighted by molar-refractivity contribution is -0.158. The third-order valence-corrected chi connectivity index (χ3v) is 6.39. The van der Waals surface area contributed by atoms with E-state index in [1.807, 2.05) is 25.1 Å². The summed E-state index contributed by atoms with van der Waals surface area (Å²) in [6, 6.07) is 5.99. The molecule has 29 heavy (non-hydrogen) atoms. The maximum Gasteiger partial charge on any atom is 0.410 e. The maximum absolute atomic E-state index is 12.7. The van der Waals surface area contributed by atoms with Crippen LogP contribution in [0.4, 0.5) is 4.79 Å². The molecule has 0 unspecified atom stereocenters. The Hall–Kier alpha value is -1.99. The summed E-state index contributed by atoms with van der Waals surface area (Å²) in [5.41, 5.74) is 1.31. The van der Waals surface area contributed by atoms with Crippen molar-refractivity contribution in [3.63, 3.8) is 0 Å². The van der Waals surface area contributed by atoms with E-state index in [-0.39, 0.29) is 24.5 Å². The first-order chi connectivity index (χ1) is 14.1. The second-order valence-electron chi connectivity index (χ2n) is 8.30. The highest BCUT2D eigenvalue weighted by Crippen LogP contribution is 2.34. The monoisotopic (exact) mass is 404 g/mol. The van der Waals surface area contributed by atoms with Crippen molar-refractivity contribution in [1.82, 2.24) is 9.80 Å². The maximum atomic E-state index is 12.7. The fraction of sp³-hybridized carbons (Fsp3) is 0.682. The van der Waals surface area contributed by atoms with Crippen LogP contribution in [0.15, 0.2) is 18.2 Å². The van der Waals surface area contributed by atoms with Crippen LogP contribution in [0, 0.1) is 0 Å². The van der Waals surface area contributed by atoms with Crippen molar-refractivity contribution in [2.75, 3.05) is 46.2 Å². The van der Waals surface area contributed by atoms with Gasteiger partial charge in [-0.2, -0.15) is 0 Å². The van der Waals surface area contributed by atoms with E-state index in [0.29, 0.717) is 13.2 Å². The molecule has 0 aromatic heterocycles. The number of piperidine rings is 1. The van der Waals surface area contributed by atoms with Crippen LogP contribution in [0.5, 0.6) is 11.5 Å². The first-order valence-corrected chi connectivity index (χ1v) is 10.8. The molecule has 7 heteroatoms. The Labute approximate surface area is 172 Å². The lowest BCUT2D eigenvalue weighted by Gasteiger charge is -2.52. The smallest absolute Gasteiger partial charge is 0.410 e. The zero-order chi connectivity index (χ0) is 20.3. The van der Waals surface area contributed by atoms with Gasteiger partial charge in [0, 0.05) is 19.1 Å². The van der Waals surface area contributed by atoms with E-state index in [2.05, 4.69) is 11.8 Å². The van der Waals surface area contributed by atoms with Gasteiger partial charge in [0.2, 0.25) is 6.79 Å². The summed E-state index contributed by atoms with van der Waals surface area (Å²) in [6.07, 6.45) is 4.17. The Morgan fingerprint density at radius 1 is 1.28 bits per heavy atom. The zero-order valence-electron chi connectivity index (χ0n) is 17.5. The molecular weight excluding hydrogens is 372 g/mol. The summed E-state index contributed by atoms with van der Waals surface area (Å²) < 4.78 is 21.9. The topological polar surface area (TPSA) is 60.5 Å². The third kappa shape index (κ3) is 4.31. The number of likely N-dealkylation sites (tertiary alicyclic amines) is 1. The lowest BCUT2D eigenvalue weighted by atomic mass is 9.85. The van der Waals surface area contributed by atoms with E-state index in [0.717, 1.165) is 49.8 Å². The van der Waals surface area contributed by atoms with Crippen LogP contribution < -0.4 is 9.47 Å². The number of benzene rings is 1. The highest BCUT2D eigenvalue weighted by atomic mass is 16.7. The number of amides is 1. The van der Waals surface area contributed by atoms with Crippen molar-refractivity contribution >= 4 is 6.09 Å². The van der Waals surface area contributed by atoms with Gasteiger partial charge in [-0.3, -0.25) is 4.90 Å². The Balaban J connectivity index is 1.27. The van der Waals surface area contributed by atoms with Gasteiger partial charge in [0.1, 0.15) is 6.61 Å². The standard InChI is InChI=1S/C22H32N2O5/c1-3-24(17(2)12-18-6-7-19-20(13-18)29-16-28-19)21(25)27-11-10-23-9-5-4-8-22(23)14-26-15-22/h6-7,13,17H,3-5,8-12,14-16H2,1-2H3/t17-/m0/s1. The molecule has 2 fully saturated rings. The van der Waals surface area contributed by atoms with Gasteiger partial charge in [-0.25, -0.2) is 4.79 Å². The first kappa shape index (κ1) is 20.3. The molecule has 3 heterocycles. The van der Waals surface area contributed by atoms with Crippen molar-refractivity contribution in [3.8, 4) is 11.5 Å². The van der Waals surface area contributed by atoms with Gasteiger partial charge in [-0.15, -0.1) is 0 Å². The Morgan fingerprint density at radius 3 is 2.86 bits per heavy atom. The number of ether oxygens (including phenoxy) is 4. The van der Waals surface area contributed by atoms with Crippen LogP contribution in [-0.4, -0.2) is 73.7 Å². The summed E-state index contributed by atoms with van der Waals surface area (Å²) in [5, 5.41) is 0. The predicted octanol–water partition coefficient (Wildman–Crippen LogP) is 3.06.